The number of carbonyl (C=O) groups excluding carboxylic acids is 2. The summed E-state index contributed by atoms with van der Waals surface area (Å²) < 4.78 is 5.91. The molecule has 2 atom stereocenters. The first-order chi connectivity index (χ1) is 12.5. The van der Waals surface area contributed by atoms with E-state index >= 15 is 0 Å². The van der Waals surface area contributed by atoms with Gasteiger partial charge in [-0.25, -0.2) is 0 Å². The molecule has 0 saturated heterocycles. The molecule has 5 heteroatoms. The molecule has 0 aliphatic rings. The molecule has 0 saturated carbocycles. The van der Waals surface area contributed by atoms with Gasteiger partial charge in [-0.3, -0.25) is 9.59 Å². The van der Waals surface area contributed by atoms with Crippen molar-refractivity contribution in [3.05, 3.63) is 59.7 Å². The van der Waals surface area contributed by atoms with E-state index in [0.717, 1.165) is 17.7 Å². The Hall–Kier alpha value is -2.82. The predicted octanol–water partition coefficient (Wildman–Crippen LogP) is 3.97. The second-order valence-electron chi connectivity index (χ2n) is 6.26. The molecule has 138 valence electrons. The Kier molecular flexibility index (Phi) is 6.78. The maximum Gasteiger partial charge on any atom is 0.265 e. The van der Waals surface area contributed by atoms with Crippen LogP contribution in [0.1, 0.15) is 49.0 Å². The summed E-state index contributed by atoms with van der Waals surface area (Å²) in [5, 5.41) is 5.36. The fraction of sp³-hybridized carbons (Fsp3) is 0.333. The highest BCUT2D eigenvalue weighted by Crippen LogP contribution is 2.29. The topological polar surface area (TPSA) is 67.4 Å². The van der Waals surface area contributed by atoms with Gasteiger partial charge in [0.05, 0.1) is 0 Å². The van der Waals surface area contributed by atoms with Gasteiger partial charge in [0.15, 0.2) is 6.10 Å². The molecule has 5 nitrogen and oxygen atoms in total. The second-order valence-corrected chi connectivity index (χ2v) is 6.26. The van der Waals surface area contributed by atoms with Crippen LogP contribution in [0.15, 0.2) is 48.5 Å². The van der Waals surface area contributed by atoms with Crippen LogP contribution in [0.3, 0.4) is 0 Å². The van der Waals surface area contributed by atoms with Crippen LogP contribution in [-0.2, 0) is 4.79 Å². The summed E-state index contributed by atoms with van der Waals surface area (Å²) in [6, 6.07) is 14.6. The fourth-order valence-electron chi connectivity index (χ4n) is 2.59. The zero-order valence-electron chi connectivity index (χ0n) is 15.7. The fourth-order valence-corrected chi connectivity index (χ4v) is 2.59. The minimum absolute atomic E-state index is 0.201. The lowest BCUT2D eigenvalue weighted by atomic mass is 9.98. The first-order valence-electron chi connectivity index (χ1n) is 8.84. The molecule has 0 aliphatic heterocycles. The zero-order valence-corrected chi connectivity index (χ0v) is 15.7. The summed E-state index contributed by atoms with van der Waals surface area (Å²) in [7, 11) is 1.57. The van der Waals surface area contributed by atoms with Crippen LogP contribution in [0.5, 0.6) is 5.75 Å². The summed E-state index contributed by atoms with van der Waals surface area (Å²) in [4.78, 5) is 24.2. The van der Waals surface area contributed by atoms with Crippen LogP contribution in [0.25, 0.3) is 0 Å². The molecule has 2 amide bonds. The highest BCUT2D eigenvalue weighted by Gasteiger charge is 2.18. The predicted molar refractivity (Wildman–Crippen MR) is 104 cm³/mol. The van der Waals surface area contributed by atoms with Crippen molar-refractivity contribution in [3.8, 4) is 5.75 Å². The molecule has 2 unspecified atom stereocenters. The molecule has 2 aromatic carbocycles. The average Bonchev–Trinajstić information content (AvgIpc) is 2.67. The van der Waals surface area contributed by atoms with Crippen LogP contribution in [-0.4, -0.2) is 25.0 Å². The van der Waals surface area contributed by atoms with Crippen LogP contribution < -0.4 is 15.4 Å². The van der Waals surface area contributed by atoms with E-state index < -0.39 is 6.10 Å². The summed E-state index contributed by atoms with van der Waals surface area (Å²) in [6.45, 7) is 5.97. The Labute approximate surface area is 154 Å². The van der Waals surface area contributed by atoms with Gasteiger partial charge in [-0.1, -0.05) is 38.1 Å². The minimum atomic E-state index is -0.663. The summed E-state index contributed by atoms with van der Waals surface area (Å²) in [6.07, 6.45) is 0.330. The third-order valence-electron chi connectivity index (χ3n) is 4.35. The van der Waals surface area contributed by atoms with Crippen molar-refractivity contribution >= 4 is 17.5 Å². The zero-order chi connectivity index (χ0) is 19.1. The maximum absolute atomic E-state index is 12.5. The van der Waals surface area contributed by atoms with Gasteiger partial charge >= 0.3 is 0 Å². The van der Waals surface area contributed by atoms with Crippen molar-refractivity contribution in [1.82, 2.24) is 5.32 Å². The SMILES string of the molecule is CCC(C)c1ccccc1OC(C)C(=O)Nc1cccc(C(=O)NC)c1. The third-order valence-corrected chi connectivity index (χ3v) is 4.35. The van der Waals surface area contributed by atoms with E-state index in [1.54, 1.807) is 38.2 Å². The largest absolute Gasteiger partial charge is 0.481 e. The Bertz CT molecular complexity index is 773. The standard InChI is InChI=1S/C21H26N2O3/c1-5-14(2)18-11-6-7-12-19(18)26-15(3)20(24)23-17-10-8-9-16(13-17)21(25)22-4/h6-15H,5H2,1-4H3,(H,22,25)(H,23,24). The molecule has 0 aliphatic carbocycles. The molecular weight excluding hydrogens is 328 g/mol. The van der Waals surface area contributed by atoms with Crippen molar-refractivity contribution in [3.63, 3.8) is 0 Å². The molecule has 0 bridgehead atoms. The number of hydrogen-bond acceptors (Lipinski definition) is 3. The average molecular weight is 354 g/mol. The van der Waals surface area contributed by atoms with E-state index in [2.05, 4.69) is 24.5 Å². The molecule has 2 aromatic rings. The Balaban J connectivity index is 2.08. The molecule has 2 rings (SSSR count). The Morgan fingerprint density at radius 2 is 1.81 bits per heavy atom. The lowest BCUT2D eigenvalue weighted by molar-refractivity contribution is -0.122. The molecular formula is C21H26N2O3. The van der Waals surface area contributed by atoms with Gasteiger partial charge in [-0.05, 0) is 49.1 Å². The lowest BCUT2D eigenvalue weighted by Gasteiger charge is -2.19. The summed E-state index contributed by atoms with van der Waals surface area (Å²) in [5.41, 5.74) is 2.14. The van der Waals surface area contributed by atoms with E-state index in [-0.39, 0.29) is 11.8 Å². The van der Waals surface area contributed by atoms with Gasteiger partial charge in [-0.15, -0.1) is 0 Å². The Morgan fingerprint density at radius 1 is 1.08 bits per heavy atom. The first kappa shape index (κ1) is 19.5. The number of anilines is 1. The van der Waals surface area contributed by atoms with Crippen LogP contribution in [0.4, 0.5) is 5.69 Å². The summed E-state index contributed by atoms with van der Waals surface area (Å²) in [5.74, 6) is 0.611. The maximum atomic E-state index is 12.5. The van der Waals surface area contributed by atoms with Gasteiger partial charge in [0.2, 0.25) is 0 Å². The number of benzene rings is 2. The molecule has 0 fully saturated rings. The molecule has 0 radical (unpaired) electrons. The van der Waals surface area contributed by atoms with Gasteiger partial charge in [0.25, 0.3) is 11.8 Å². The van der Waals surface area contributed by atoms with Gasteiger partial charge in [-0.2, -0.15) is 0 Å². The minimum Gasteiger partial charge on any atom is -0.481 e. The van der Waals surface area contributed by atoms with E-state index in [9.17, 15) is 9.59 Å². The second kappa shape index (κ2) is 9.04. The van der Waals surface area contributed by atoms with Gasteiger partial charge < -0.3 is 15.4 Å². The number of nitrogens with one attached hydrogen (secondary N) is 2. The monoisotopic (exact) mass is 354 g/mol. The number of carbonyl (C=O) groups is 2. The smallest absolute Gasteiger partial charge is 0.265 e. The van der Waals surface area contributed by atoms with Crippen molar-refractivity contribution in [1.29, 1.82) is 0 Å². The van der Waals surface area contributed by atoms with Crippen molar-refractivity contribution in [2.45, 2.75) is 39.2 Å². The van der Waals surface area contributed by atoms with Crippen molar-refractivity contribution in [2.75, 3.05) is 12.4 Å². The quantitative estimate of drug-likeness (QED) is 0.791. The number of rotatable bonds is 7. The van der Waals surface area contributed by atoms with Crippen molar-refractivity contribution in [2.24, 2.45) is 0 Å². The molecule has 0 heterocycles. The third kappa shape index (κ3) is 4.85. The molecule has 26 heavy (non-hydrogen) atoms. The van der Waals surface area contributed by atoms with Gasteiger partial charge in [0, 0.05) is 18.3 Å². The van der Waals surface area contributed by atoms with Crippen LogP contribution in [0.2, 0.25) is 0 Å². The van der Waals surface area contributed by atoms with E-state index in [1.165, 1.54) is 0 Å². The highest BCUT2D eigenvalue weighted by molar-refractivity contribution is 5.98. The number of ether oxygens (including phenoxy) is 1. The first-order valence-corrected chi connectivity index (χ1v) is 8.84. The highest BCUT2D eigenvalue weighted by atomic mass is 16.5. The molecule has 0 aromatic heterocycles. The summed E-state index contributed by atoms with van der Waals surface area (Å²) >= 11 is 0. The van der Waals surface area contributed by atoms with E-state index in [4.69, 9.17) is 4.74 Å². The van der Waals surface area contributed by atoms with E-state index in [0.29, 0.717) is 17.2 Å². The number of para-hydroxylation sites is 1. The van der Waals surface area contributed by atoms with Crippen LogP contribution in [0, 0.1) is 0 Å². The molecule has 2 N–H and O–H groups in total. The van der Waals surface area contributed by atoms with Crippen molar-refractivity contribution < 1.29 is 14.3 Å². The Morgan fingerprint density at radius 3 is 2.50 bits per heavy atom. The lowest BCUT2D eigenvalue weighted by Crippen LogP contribution is -2.30. The normalized spacial score (nSPS) is 12.8. The van der Waals surface area contributed by atoms with E-state index in [1.807, 2.05) is 24.3 Å². The number of amides is 2. The molecule has 0 spiro atoms. The van der Waals surface area contributed by atoms with Crippen LogP contribution >= 0.6 is 0 Å². The number of hydrogen-bond donors (Lipinski definition) is 2. The van der Waals surface area contributed by atoms with Gasteiger partial charge in [0.1, 0.15) is 5.75 Å².